The van der Waals surface area contributed by atoms with E-state index in [4.69, 9.17) is 5.73 Å². The standard InChI is InChI=1S/C14H11NO2.C4H9NO3S3/c16-10-15-13-8-6-12(7-9-13)14(17)11-4-2-1-3-5-11;1-11(7,10)8-4(6)3(5)2-9/h1-10H,(H,15,16);3,9H,2,5H2,1H3/t;3-,11?/m.0/s1. The van der Waals surface area contributed by atoms with Crippen molar-refractivity contribution in [2.45, 2.75) is 6.04 Å². The lowest BCUT2D eigenvalue weighted by atomic mass is 10.0. The van der Waals surface area contributed by atoms with E-state index < -0.39 is 20.8 Å². The van der Waals surface area contributed by atoms with Crippen LogP contribution in [0.2, 0.25) is 0 Å². The Morgan fingerprint density at radius 1 is 1.18 bits per heavy atom. The lowest BCUT2D eigenvalue weighted by molar-refractivity contribution is -0.134. The molecule has 2 atom stereocenters. The third-order valence-corrected chi connectivity index (χ3v) is 4.21. The van der Waals surface area contributed by atoms with Gasteiger partial charge in [0.25, 0.3) is 0 Å². The zero-order chi connectivity index (χ0) is 21.2. The molecule has 0 saturated heterocycles. The van der Waals surface area contributed by atoms with Crippen LogP contribution in [0.4, 0.5) is 5.69 Å². The normalized spacial score (nSPS) is 13.1. The van der Waals surface area contributed by atoms with E-state index in [1.165, 1.54) is 0 Å². The fourth-order valence-corrected chi connectivity index (χ4v) is 2.60. The first-order valence-corrected chi connectivity index (χ1v) is 11.3. The van der Waals surface area contributed by atoms with Crippen molar-refractivity contribution < 1.29 is 22.8 Å². The fourth-order valence-electron chi connectivity index (χ4n) is 1.83. The molecule has 150 valence electrons. The Hall–Kier alpha value is -2.27. The minimum atomic E-state index is -2.91. The Morgan fingerprint density at radius 3 is 2.18 bits per heavy atom. The summed E-state index contributed by atoms with van der Waals surface area (Å²) in [6.07, 6.45) is 1.75. The number of carbonyl (C=O) groups is 3. The molecule has 2 aromatic rings. The lowest BCUT2D eigenvalue weighted by Gasteiger charge is -2.07. The summed E-state index contributed by atoms with van der Waals surface area (Å²) in [5.74, 6) is -0.658. The number of thiol groups is 1. The molecule has 0 heterocycles. The summed E-state index contributed by atoms with van der Waals surface area (Å²) in [4.78, 5) is 33.0. The largest absolute Gasteiger partial charge is 0.363 e. The molecule has 10 heteroatoms. The summed E-state index contributed by atoms with van der Waals surface area (Å²) < 4.78 is 15.0. The summed E-state index contributed by atoms with van der Waals surface area (Å²) >= 11 is 8.08. The number of nitrogens with one attached hydrogen (secondary N) is 1. The first-order valence-electron chi connectivity index (χ1n) is 7.87. The van der Waals surface area contributed by atoms with Crippen molar-refractivity contribution in [3.8, 4) is 0 Å². The Bertz CT molecular complexity index is 901. The minimum Gasteiger partial charge on any atom is -0.363 e. The highest BCUT2D eigenvalue weighted by atomic mass is 32.8. The van der Waals surface area contributed by atoms with Gasteiger partial charge >= 0.3 is 5.97 Å². The number of hydrogen-bond acceptors (Lipinski definition) is 8. The van der Waals surface area contributed by atoms with Gasteiger partial charge in [0.1, 0.15) is 6.04 Å². The molecule has 0 bridgehead atoms. The number of anilines is 1. The maximum Gasteiger partial charge on any atom is 0.337 e. The van der Waals surface area contributed by atoms with Crippen molar-refractivity contribution in [1.29, 1.82) is 0 Å². The number of nitrogens with two attached hydrogens (primary N) is 1. The van der Waals surface area contributed by atoms with Crippen molar-refractivity contribution in [3.05, 3.63) is 65.7 Å². The number of carbonyl (C=O) groups excluding carboxylic acids is 3. The van der Waals surface area contributed by atoms with Gasteiger partial charge in [-0.3, -0.25) is 9.59 Å². The highest BCUT2D eigenvalue weighted by Crippen LogP contribution is 2.13. The van der Waals surface area contributed by atoms with Crippen LogP contribution in [0.1, 0.15) is 15.9 Å². The van der Waals surface area contributed by atoms with Crippen LogP contribution in [0.15, 0.2) is 54.6 Å². The van der Waals surface area contributed by atoms with E-state index in [0.29, 0.717) is 23.2 Å². The number of benzene rings is 2. The molecule has 1 unspecified atom stereocenters. The average molecular weight is 441 g/mol. The number of amides is 1. The fraction of sp³-hybridized carbons (Fsp3) is 0.167. The summed E-state index contributed by atoms with van der Waals surface area (Å²) in [5.41, 5.74) is 7.13. The van der Waals surface area contributed by atoms with Gasteiger partial charge in [-0.25, -0.2) is 9.00 Å². The second-order valence-electron chi connectivity index (χ2n) is 5.43. The number of rotatable bonds is 7. The van der Waals surface area contributed by atoms with Gasteiger partial charge < -0.3 is 15.2 Å². The highest BCUT2D eigenvalue weighted by Gasteiger charge is 2.16. The first kappa shape index (κ1) is 23.8. The summed E-state index contributed by atoms with van der Waals surface area (Å²) in [7, 11) is -2.91. The van der Waals surface area contributed by atoms with Crippen LogP contribution in [-0.2, 0) is 33.7 Å². The molecule has 2 rings (SSSR count). The Kier molecular flexibility index (Phi) is 9.80. The molecule has 2 aromatic carbocycles. The van der Waals surface area contributed by atoms with Crippen molar-refractivity contribution in [1.82, 2.24) is 0 Å². The van der Waals surface area contributed by atoms with E-state index in [1.807, 2.05) is 18.2 Å². The van der Waals surface area contributed by atoms with Crippen LogP contribution in [0.3, 0.4) is 0 Å². The van der Waals surface area contributed by atoms with E-state index in [1.54, 1.807) is 36.4 Å². The van der Waals surface area contributed by atoms with E-state index in [2.05, 4.69) is 33.3 Å². The summed E-state index contributed by atoms with van der Waals surface area (Å²) in [6.45, 7) is 0. The zero-order valence-corrected chi connectivity index (χ0v) is 17.5. The molecule has 0 fully saturated rings. The summed E-state index contributed by atoms with van der Waals surface area (Å²) in [5, 5.41) is 2.52. The zero-order valence-electron chi connectivity index (χ0n) is 14.9. The SMILES string of the molecule is CS(=O)(=S)OC(=O)[C@@H](N)CS.O=CNc1ccc(C(=O)c2ccccc2)cc1. The van der Waals surface area contributed by atoms with Gasteiger partial charge in [-0.2, -0.15) is 12.6 Å². The predicted octanol–water partition coefficient (Wildman–Crippen LogP) is 1.56. The lowest BCUT2D eigenvalue weighted by Crippen LogP contribution is -2.34. The molecule has 0 aliphatic carbocycles. The molecule has 0 aliphatic heterocycles. The van der Waals surface area contributed by atoms with Crippen molar-refractivity contribution in [2.24, 2.45) is 5.73 Å². The molecule has 7 nitrogen and oxygen atoms in total. The Morgan fingerprint density at radius 2 is 1.71 bits per heavy atom. The molecule has 0 radical (unpaired) electrons. The van der Waals surface area contributed by atoms with E-state index in [0.717, 1.165) is 6.26 Å². The maximum absolute atomic E-state index is 12.0. The van der Waals surface area contributed by atoms with Crippen LogP contribution in [0, 0.1) is 0 Å². The van der Waals surface area contributed by atoms with Gasteiger partial charge in [-0.1, -0.05) is 30.3 Å². The van der Waals surface area contributed by atoms with Gasteiger partial charge in [-0.05, 0) is 24.3 Å². The quantitative estimate of drug-likeness (QED) is 0.340. The monoisotopic (exact) mass is 440 g/mol. The Balaban J connectivity index is 0.000000311. The van der Waals surface area contributed by atoms with Crippen LogP contribution >= 0.6 is 12.6 Å². The molecule has 3 N–H and O–H groups in total. The van der Waals surface area contributed by atoms with Crippen LogP contribution in [0.5, 0.6) is 0 Å². The predicted molar refractivity (Wildman–Crippen MR) is 115 cm³/mol. The molecule has 28 heavy (non-hydrogen) atoms. The van der Waals surface area contributed by atoms with Crippen molar-refractivity contribution >= 4 is 56.4 Å². The van der Waals surface area contributed by atoms with Gasteiger partial charge in [0.05, 0.1) is 0 Å². The molecule has 0 aliphatic rings. The van der Waals surface area contributed by atoms with Gasteiger partial charge in [0.15, 0.2) is 14.6 Å². The molecule has 0 spiro atoms. The van der Waals surface area contributed by atoms with E-state index in [-0.39, 0.29) is 11.5 Å². The van der Waals surface area contributed by atoms with Crippen molar-refractivity contribution in [3.63, 3.8) is 0 Å². The van der Waals surface area contributed by atoms with E-state index >= 15 is 0 Å². The molecule has 0 aromatic heterocycles. The molecule has 1 amide bonds. The topological polar surface area (TPSA) is 116 Å². The van der Waals surface area contributed by atoms with Crippen LogP contribution < -0.4 is 11.1 Å². The molecular weight excluding hydrogens is 420 g/mol. The number of ketones is 1. The second-order valence-corrected chi connectivity index (χ2v) is 9.19. The van der Waals surface area contributed by atoms with Crippen LogP contribution in [0.25, 0.3) is 0 Å². The van der Waals surface area contributed by atoms with Gasteiger partial charge in [-0.15, -0.1) is 0 Å². The maximum atomic E-state index is 12.0. The van der Waals surface area contributed by atoms with E-state index in [9.17, 15) is 18.6 Å². The van der Waals surface area contributed by atoms with Gasteiger partial charge in [0.2, 0.25) is 6.41 Å². The third-order valence-electron chi connectivity index (χ3n) is 3.14. The van der Waals surface area contributed by atoms with Crippen LogP contribution in [-0.4, -0.2) is 40.4 Å². The smallest absolute Gasteiger partial charge is 0.337 e. The van der Waals surface area contributed by atoms with Gasteiger partial charge in [0, 0.05) is 40.0 Å². The Labute approximate surface area is 173 Å². The third kappa shape index (κ3) is 8.61. The second kappa shape index (κ2) is 11.5. The van der Waals surface area contributed by atoms with Crippen molar-refractivity contribution in [2.75, 3.05) is 17.3 Å². The molecular formula is C18H20N2O5S3. The minimum absolute atomic E-state index is 0.0248. The highest BCUT2D eigenvalue weighted by molar-refractivity contribution is 8.30. The average Bonchev–Trinajstić information content (AvgIpc) is 2.67. The first-order chi connectivity index (χ1) is 13.2. The molecule has 0 saturated carbocycles. The number of hydrogen-bond donors (Lipinski definition) is 3. The summed E-state index contributed by atoms with van der Waals surface area (Å²) in [6, 6.07) is 15.0.